The van der Waals surface area contributed by atoms with Crippen molar-refractivity contribution in [2.45, 2.75) is 0 Å². The van der Waals surface area contributed by atoms with Crippen LogP contribution in [-0.2, 0) is 14.0 Å². The first kappa shape index (κ1) is 7.93. The van der Waals surface area contributed by atoms with E-state index in [0.717, 1.165) is 0 Å². The molecule has 0 rings (SSSR count). The van der Waals surface area contributed by atoms with Crippen LogP contribution in [-0.4, -0.2) is 7.32 Å². The van der Waals surface area contributed by atoms with Gasteiger partial charge in [0.2, 0.25) is 0 Å². The Labute approximate surface area is 56.9 Å². The van der Waals surface area contributed by atoms with Gasteiger partial charge in [0.1, 0.15) is 0 Å². The number of nitriles is 3. The first-order valence-electron chi connectivity index (χ1n) is 1.99. The SMILES string of the molecule is N#COB(OC#N)OC#N. The van der Waals surface area contributed by atoms with Crippen molar-refractivity contribution in [2.75, 3.05) is 0 Å². The number of hydrogen-bond acceptors (Lipinski definition) is 6. The molecule has 0 saturated carbocycles. The fourth-order valence-electron chi connectivity index (χ4n) is 0.201. The summed E-state index contributed by atoms with van der Waals surface area (Å²) in [5.41, 5.74) is 0. The molecular formula is C3BN3O3. The van der Waals surface area contributed by atoms with E-state index < -0.39 is 7.32 Å². The molecule has 0 aromatic carbocycles. The van der Waals surface area contributed by atoms with E-state index in [0.29, 0.717) is 0 Å². The van der Waals surface area contributed by atoms with Crippen LogP contribution in [0, 0.1) is 34.6 Å². The third-order valence-corrected chi connectivity index (χ3v) is 0.447. The second-order valence-corrected chi connectivity index (χ2v) is 0.916. The van der Waals surface area contributed by atoms with E-state index in [-0.39, 0.29) is 0 Å². The first-order chi connectivity index (χ1) is 4.85. The molecule has 48 valence electrons. The number of hydrogen-bond donors (Lipinski definition) is 0. The molecule has 0 aliphatic heterocycles. The van der Waals surface area contributed by atoms with E-state index in [1.165, 1.54) is 18.8 Å². The molecular weight excluding hydrogens is 137 g/mol. The molecule has 10 heavy (non-hydrogen) atoms. The zero-order valence-corrected chi connectivity index (χ0v) is 4.64. The Morgan fingerprint density at radius 1 is 0.800 bits per heavy atom. The maximum atomic E-state index is 7.84. The Balaban J connectivity index is 3.68. The number of rotatable bonds is 3. The Kier molecular flexibility index (Phi) is 4.03. The Morgan fingerprint density at radius 2 is 1.10 bits per heavy atom. The van der Waals surface area contributed by atoms with Gasteiger partial charge in [0.25, 0.3) is 18.8 Å². The van der Waals surface area contributed by atoms with E-state index in [2.05, 4.69) is 14.0 Å². The summed E-state index contributed by atoms with van der Waals surface area (Å²) in [7, 11) is -1.56. The van der Waals surface area contributed by atoms with Crippen molar-refractivity contribution in [1.82, 2.24) is 0 Å². The quantitative estimate of drug-likeness (QED) is 0.382. The van der Waals surface area contributed by atoms with Crippen LogP contribution >= 0.6 is 0 Å². The molecule has 0 radical (unpaired) electrons. The predicted molar refractivity (Wildman–Crippen MR) is 25.8 cm³/mol. The molecule has 0 N–H and O–H groups in total. The van der Waals surface area contributed by atoms with Crippen molar-refractivity contribution in [3.05, 3.63) is 0 Å². The molecule has 0 bridgehead atoms. The van der Waals surface area contributed by atoms with Crippen LogP contribution in [0.3, 0.4) is 0 Å². The van der Waals surface area contributed by atoms with Gasteiger partial charge in [-0.25, -0.2) is 0 Å². The molecule has 0 aromatic heterocycles. The van der Waals surface area contributed by atoms with E-state index in [1.54, 1.807) is 0 Å². The highest BCUT2D eigenvalue weighted by atomic mass is 16.7. The normalized spacial score (nSPS) is 5.70. The predicted octanol–water partition coefficient (Wildman–Crippen LogP) is -0.536. The summed E-state index contributed by atoms with van der Waals surface area (Å²) in [6.45, 7) is 0. The lowest BCUT2D eigenvalue weighted by Crippen LogP contribution is -2.20. The molecule has 0 atom stereocenters. The second-order valence-electron chi connectivity index (χ2n) is 0.916. The molecule has 0 saturated heterocycles. The molecule has 0 aliphatic rings. The molecule has 0 unspecified atom stereocenters. The fourth-order valence-corrected chi connectivity index (χ4v) is 0.201. The van der Waals surface area contributed by atoms with Gasteiger partial charge < -0.3 is 14.0 Å². The van der Waals surface area contributed by atoms with Crippen molar-refractivity contribution in [1.29, 1.82) is 15.8 Å². The summed E-state index contributed by atoms with van der Waals surface area (Å²) in [6, 6.07) is 0. The monoisotopic (exact) mass is 137 g/mol. The molecule has 0 spiro atoms. The summed E-state index contributed by atoms with van der Waals surface area (Å²) in [5.74, 6) is 0. The van der Waals surface area contributed by atoms with E-state index in [9.17, 15) is 0 Å². The zero-order chi connectivity index (χ0) is 7.82. The average molecular weight is 137 g/mol. The minimum Gasteiger partial charge on any atom is -0.418 e. The Bertz CT molecular complexity index is 172. The summed E-state index contributed by atoms with van der Waals surface area (Å²) in [6.07, 6.45) is 3.56. The minimum absolute atomic E-state index is 1.19. The summed E-state index contributed by atoms with van der Waals surface area (Å²) >= 11 is 0. The van der Waals surface area contributed by atoms with Gasteiger partial charge in [-0.15, -0.1) is 0 Å². The minimum atomic E-state index is -1.56. The lowest BCUT2D eigenvalue weighted by molar-refractivity contribution is 0.249. The van der Waals surface area contributed by atoms with Gasteiger partial charge in [-0.3, -0.25) is 0 Å². The summed E-state index contributed by atoms with van der Waals surface area (Å²) in [5, 5.41) is 23.5. The maximum absolute atomic E-state index is 7.84. The third kappa shape index (κ3) is 3.01. The van der Waals surface area contributed by atoms with Crippen LogP contribution in [0.5, 0.6) is 0 Å². The van der Waals surface area contributed by atoms with Gasteiger partial charge in [-0.05, 0) is 0 Å². The van der Waals surface area contributed by atoms with Crippen molar-refractivity contribution < 1.29 is 14.0 Å². The fraction of sp³-hybridized carbons (Fsp3) is 0. The summed E-state index contributed by atoms with van der Waals surface area (Å²) < 4.78 is 11.8. The van der Waals surface area contributed by atoms with E-state index in [1.807, 2.05) is 0 Å². The van der Waals surface area contributed by atoms with Crippen LogP contribution in [0.1, 0.15) is 0 Å². The van der Waals surface area contributed by atoms with Crippen molar-refractivity contribution >= 4 is 7.32 Å². The Morgan fingerprint density at radius 3 is 1.30 bits per heavy atom. The van der Waals surface area contributed by atoms with Crippen LogP contribution in [0.25, 0.3) is 0 Å². The molecule has 7 heteroatoms. The summed E-state index contributed by atoms with van der Waals surface area (Å²) in [4.78, 5) is 0. The van der Waals surface area contributed by atoms with Crippen molar-refractivity contribution in [3.8, 4) is 18.8 Å². The van der Waals surface area contributed by atoms with Crippen LogP contribution in [0.4, 0.5) is 0 Å². The smallest absolute Gasteiger partial charge is 0.418 e. The van der Waals surface area contributed by atoms with E-state index >= 15 is 0 Å². The van der Waals surface area contributed by atoms with Gasteiger partial charge in [0.05, 0.1) is 0 Å². The van der Waals surface area contributed by atoms with Gasteiger partial charge in [0, 0.05) is 0 Å². The third-order valence-electron chi connectivity index (χ3n) is 0.447. The van der Waals surface area contributed by atoms with Crippen LogP contribution in [0.2, 0.25) is 0 Å². The molecule has 0 heterocycles. The van der Waals surface area contributed by atoms with Gasteiger partial charge >= 0.3 is 7.32 Å². The molecule has 0 fully saturated rings. The largest absolute Gasteiger partial charge is 0.894 e. The van der Waals surface area contributed by atoms with Gasteiger partial charge in [0.15, 0.2) is 0 Å². The lowest BCUT2D eigenvalue weighted by Gasteiger charge is -1.96. The van der Waals surface area contributed by atoms with Crippen LogP contribution < -0.4 is 0 Å². The van der Waals surface area contributed by atoms with Gasteiger partial charge in [-0.2, -0.15) is 15.8 Å². The topological polar surface area (TPSA) is 99.1 Å². The maximum Gasteiger partial charge on any atom is 0.894 e. The zero-order valence-electron chi connectivity index (χ0n) is 4.64. The first-order valence-corrected chi connectivity index (χ1v) is 1.99. The number of nitrogens with zero attached hydrogens (tertiary/aromatic N) is 3. The lowest BCUT2D eigenvalue weighted by atomic mass is 10.2. The molecule has 0 aliphatic carbocycles. The van der Waals surface area contributed by atoms with E-state index in [4.69, 9.17) is 15.8 Å². The van der Waals surface area contributed by atoms with Crippen molar-refractivity contribution in [2.24, 2.45) is 0 Å². The molecule has 0 aromatic rings. The second kappa shape index (κ2) is 5.08. The highest BCUT2D eigenvalue weighted by Crippen LogP contribution is 1.87. The standard InChI is InChI=1S/C3BN3O3/c5-1-8-4(9-2-6)10-3-7. The highest BCUT2D eigenvalue weighted by molar-refractivity contribution is 6.37. The molecule has 0 amide bonds. The Hall–Kier alpha value is -2.07. The average Bonchev–Trinajstić information content (AvgIpc) is 1.90. The molecule has 6 nitrogen and oxygen atoms in total. The van der Waals surface area contributed by atoms with Crippen LogP contribution in [0.15, 0.2) is 0 Å². The van der Waals surface area contributed by atoms with Gasteiger partial charge in [-0.1, -0.05) is 0 Å². The van der Waals surface area contributed by atoms with Crippen molar-refractivity contribution in [3.63, 3.8) is 0 Å². The highest BCUT2D eigenvalue weighted by Gasteiger charge is 2.28.